The quantitative estimate of drug-likeness (QED) is 0.685. The summed E-state index contributed by atoms with van der Waals surface area (Å²) in [6.45, 7) is 1.74. The number of carbonyl (C=O) groups is 3. The predicted molar refractivity (Wildman–Crippen MR) is 108 cm³/mol. The Kier molecular flexibility index (Phi) is 5.31. The van der Waals surface area contributed by atoms with Crippen molar-refractivity contribution in [1.82, 2.24) is 5.32 Å². The van der Waals surface area contributed by atoms with Crippen LogP contribution in [0.25, 0.3) is 0 Å². The normalized spacial score (nSPS) is 29.5. The SMILES string of the molecule is CCOC(=O)c1c(N)sc(C(=O)NC)c1COC(=O)C12CC3CC(CC(C3)C1)C2. The average Bonchev–Trinajstić information content (AvgIpc) is 3.00. The first-order chi connectivity index (χ1) is 13.9. The van der Waals surface area contributed by atoms with Gasteiger partial charge in [0.25, 0.3) is 5.91 Å². The largest absolute Gasteiger partial charge is 0.462 e. The van der Waals surface area contributed by atoms with Crippen LogP contribution in [0, 0.1) is 23.2 Å². The molecule has 4 saturated carbocycles. The fraction of sp³-hybridized carbons (Fsp3) is 0.667. The predicted octanol–water partition coefficient (Wildman–Crippen LogP) is 3.13. The highest BCUT2D eigenvalue weighted by Gasteiger charge is 2.55. The van der Waals surface area contributed by atoms with Crippen molar-refractivity contribution in [1.29, 1.82) is 0 Å². The number of hydrogen-bond acceptors (Lipinski definition) is 7. The van der Waals surface area contributed by atoms with Crippen LogP contribution in [0.3, 0.4) is 0 Å². The van der Waals surface area contributed by atoms with Gasteiger partial charge in [-0.15, -0.1) is 11.3 Å². The second-order valence-electron chi connectivity index (χ2n) is 8.72. The number of esters is 2. The van der Waals surface area contributed by atoms with E-state index in [1.165, 1.54) is 26.3 Å². The number of nitrogens with two attached hydrogens (primary N) is 1. The lowest BCUT2D eigenvalue weighted by atomic mass is 9.49. The molecule has 5 rings (SSSR count). The molecule has 4 fully saturated rings. The summed E-state index contributed by atoms with van der Waals surface area (Å²) in [6.07, 6.45) is 6.41. The van der Waals surface area contributed by atoms with E-state index in [0.29, 0.717) is 23.3 Å². The van der Waals surface area contributed by atoms with Crippen molar-refractivity contribution in [3.05, 3.63) is 16.0 Å². The van der Waals surface area contributed by atoms with Gasteiger partial charge >= 0.3 is 11.9 Å². The van der Waals surface area contributed by atoms with E-state index in [1.54, 1.807) is 6.92 Å². The fourth-order valence-electron chi connectivity index (χ4n) is 6.00. The van der Waals surface area contributed by atoms with Crippen LogP contribution >= 0.6 is 11.3 Å². The summed E-state index contributed by atoms with van der Waals surface area (Å²) in [4.78, 5) is 38.2. The van der Waals surface area contributed by atoms with Crippen LogP contribution in [-0.4, -0.2) is 31.5 Å². The zero-order valence-electron chi connectivity index (χ0n) is 16.9. The molecule has 29 heavy (non-hydrogen) atoms. The number of thiophene rings is 1. The van der Waals surface area contributed by atoms with Crippen molar-refractivity contribution in [2.75, 3.05) is 19.4 Å². The number of rotatable bonds is 6. The van der Waals surface area contributed by atoms with E-state index in [2.05, 4.69) is 5.32 Å². The molecule has 1 aromatic rings. The zero-order valence-corrected chi connectivity index (χ0v) is 17.7. The fourth-order valence-corrected chi connectivity index (χ4v) is 7.01. The lowest BCUT2D eigenvalue weighted by Gasteiger charge is -2.55. The monoisotopic (exact) mass is 420 g/mol. The first-order valence-corrected chi connectivity index (χ1v) is 11.2. The van der Waals surface area contributed by atoms with Crippen LogP contribution in [0.5, 0.6) is 0 Å². The van der Waals surface area contributed by atoms with Crippen molar-refractivity contribution < 1.29 is 23.9 Å². The molecular formula is C21H28N2O5S. The lowest BCUT2D eigenvalue weighted by molar-refractivity contribution is -0.173. The van der Waals surface area contributed by atoms with E-state index in [-0.39, 0.29) is 40.5 Å². The van der Waals surface area contributed by atoms with Crippen LogP contribution in [0.2, 0.25) is 0 Å². The van der Waals surface area contributed by atoms with Gasteiger partial charge in [0, 0.05) is 12.6 Å². The molecule has 0 saturated heterocycles. The van der Waals surface area contributed by atoms with Crippen molar-refractivity contribution in [2.45, 2.75) is 52.1 Å². The first kappa shape index (κ1) is 20.2. The van der Waals surface area contributed by atoms with Crippen LogP contribution in [-0.2, 0) is 20.9 Å². The molecule has 4 aliphatic carbocycles. The standard InChI is InChI=1S/C21H28N2O5S/c1-3-27-19(25)15-14(16(18(24)23-2)29-17(15)22)10-28-20(26)21-7-11-4-12(8-21)6-13(5-11)9-21/h11-13H,3-10,22H2,1-2H3,(H,23,24). The molecule has 8 heteroatoms. The number of ether oxygens (including phenoxy) is 2. The Morgan fingerprint density at radius 1 is 1.10 bits per heavy atom. The number of nitrogen functional groups attached to an aromatic ring is 1. The molecule has 0 spiro atoms. The van der Waals surface area contributed by atoms with E-state index in [0.717, 1.165) is 30.6 Å². The van der Waals surface area contributed by atoms with E-state index in [4.69, 9.17) is 15.2 Å². The number of carbonyl (C=O) groups excluding carboxylic acids is 3. The first-order valence-electron chi connectivity index (χ1n) is 10.3. The molecule has 4 bridgehead atoms. The number of anilines is 1. The molecule has 0 aliphatic heterocycles. The third-order valence-corrected chi connectivity index (χ3v) is 7.83. The molecule has 0 radical (unpaired) electrons. The molecule has 0 aromatic carbocycles. The summed E-state index contributed by atoms with van der Waals surface area (Å²) in [5.74, 6) is 0.723. The van der Waals surface area contributed by atoms with Gasteiger partial charge in [-0.25, -0.2) is 4.79 Å². The van der Waals surface area contributed by atoms with Gasteiger partial charge in [-0.2, -0.15) is 0 Å². The highest BCUT2D eigenvalue weighted by atomic mass is 32.1. The van der Waals surface area contributed by atoms with Gasteiger partial charge in [0.15, 0.2) is 0 Å². The van der Waals surface area contributed by atoms with E-state index >= 15 is 0 Å². The maximum atomic E-state index is 13.2. The highest BCUT2D eigenvalue weighted by molar-refractivity contribution is 7.18. The Labute approximate surface area is 174 Å². The van der Waals surface area contributed by atoms with Crippen molar-refractivity contribution in [2.24, 2.45) is 23.2 Å². The minimum atomic E-state index is -0.600. The van der Waals surface area contributed by atoms with Gasteiger partial charge < -0.3 is 20.5 Å². The zero-order chi connectivity index (χ0) is 20.8. The lowest BCUT2D eigenvalue weighted by Crippen LogP contribution is -2.50. The minimum absolute atomic E-state index is 0.133. The van der Waals surface area contributed by atoms with Crippen molar-refractivity contribution in [3.63, 3.8) is 0 Å². The Morgan fingerprint density at radius 2 is 1.69 bits per heavy atom. The summed E-state index contributed by atoms with van der Waals surface area (Å²) >= 11 is 1.01. The van der Waals surface area contributed by atoms with Crippen LogP contribution in [0.4, 0.5) is 5.00 Å². The number of hydrogen-bond donors (Lipinski definition) is 2. The summed E-state index contributed by atoms with van der Waals surface area (Å²) < 4.78 is 10.9. The summed E-state index contributed by atoms with van der Waals surface area (Å²) in [6, 6.07) is 0. The molecule has 4 aliphatic rings. The van der Waals surface area contributed by atoms with E-state index in [9.17, 15) is 14.4 Å². The Bertz CT molecular complexity index is 811. The minimum Gasteiger partial charge on any atom is -0.462 e. The maximum absolute atomic E-state index is 13.2. The third kappa shape index (κ3) is 3.52. The second kappa shape index (κ2) is 7.63. The Hall–Kier alpha value is -2.09. The van der Waals surface area contributed by atoms with Crippen molar-refractivity contribution >= 4 is 34.2 Å². The molecule has 1 aromatic heterocycles. The summed E-state index contributed by atoms with van der Waals surface area (Å²) in [5.41, 5.74) is 6.09. The third-order valence-electron chi connectivity index (χ3n) is 6.77. The van der Waals surface area contributed by atoms with Gasteiger partial charge in [-0.3, -0.25) is 9.59 Å². The average molecular weight is 421 g/mol. The van der Waals surface area contributed by atoms with Gasteiger partial charge in [0.2, 0.25) is 0 Å². The molecule has 7 nitrogen and oxygen atoms in total. The maximum Gasteiger partial charge on any atom is 0.341 e. The van der Waals surface area contributed by atoms with Crippen LogP contribution in [0.15, 0.2) is 0 Å². The second-order valence-corrected chi connectivity index (χ2v) is 9.77. The topological polar surface area (TPSA) is 108 Å². The molecule has 3 N–H and O–H groups in total. The smallest absolute Gasteiger partial charge is 0.341 e. The Balaban J connectivity index is 1.56. The van der Waals surface area contributed by atoms with Crippen LogP contribution in [0.1, 0.15) is 71.0 Å². The molecule has 0 atom stereocenters. The van der Waals surface area contributed by atoms with Crippen LogP contribution < -0.4 is 11.1 Å². The molecule has 0 unspecified atom stereocenters. The van der Waals surface area contributed by atoms with Gasteiger partial charge in [-0.1, -0.05) is 0 Å². The summed E-state index contributed by atoms with van der Waals surface area (Å²) in [5, 5.41) is 2.75. The highest BCUT2D eigenvalue weighted by Crippen LogP contribution is 2.60. The molecule has 1 amide bonds. The number of nitrogens with one attached hydrogen (secondary N) is 1. The van der Waals surface area contributed by atoms with Gasteiger partial charge in [0.1, 0.15) is 22.0 Å². The van der Waals surface area contributed by atoms with Gasteiger partial charge in [-0.05, 0) is 63.2 Å². The Morgan fingerprint density at radius 3 is 2.21 bits per heavy atom. The molecule has 158 valence electrons. The van der Waals surface area contributed by atoms with E-state index in [1.807, 2.05) is 0 Å². The summed E-state index contributed by atoms with van der Waals surface area (Å²) in [7, 11) is 1.51. The molecular weight excluding hydrogens is 392 g/mol. The van der Waals surface area contributed by atoms with Gasteiger partial charge in [0.05, 0.1) is 12.0 Å². The number of amides is 1. The van der Waals surface area contributed by atoms with Crippen molar-refractivity contribution in [3.8, 4) is 0 Å². The molecule has 1 heterocycles. The van der Waals surface area contributed by atoms with E-state index < -0.39 is 11.4 Å².